The van der Waals surface area contributed by atoms with Crippen molar-refractivity contribution in [3.63, 3.8) is 0 Å². The van der Waals surface area contributed by atoms with Crippen LogP contribution in [0.4, 0.5) is 0 Å². The summed E-state index contributed by atoms with van der Waals surface area (Å²) in [7, 11) is -7.42. The summed E-state index contributed by atoms with van der Waals surface area (Å²) in [4.78, 5) is 0.117. The molecule has 0 bridgehead atoms. The minimum Gasteiger partial charge on any atom is -0.308 e. The van der Waals surface area contributed by atoms with Gasteiger partial charge in [-0.2, -0.15) is 0 Å². The van der Waals surface area contributed by atoms with E-state index in [1.807, 2.05) is 24.3 Å². The van der Waals surface area contributed by atoms with Gasteiger partial charge in [0.25, 0.3) is 0 Å². The van der Waals surface area contributed by atoms with Crippen LogP contribution in [0, 0.1) is 0 Å². The predicted octanol–water partition coefficient (Wildman–Crippen LogP) is 3.84. The summed E-state index contributed by atoms with van der Waals surface area (Å²) in [6.07, 6.45) is 0. The lowest BCUT2D eigenvalue weighted by atomic mass is 10.1. The second-order valence-electron chi connectivity index (χ2n) is 4.70. The van der Waals surface area contributed by atoms with Crippen molar-refractivity contribution in [3.8, 4) is 0 Å². The Morgan fingerprint density at radius 1 is 0.955 bits per heavy atom. The molecule has 0 saturated carbocycles. The molecule has 0 aliphatic rings. The van der Waals surface area contributed by atoms with Gasteiger partial charge in [0.1, 0.15) is 0 Å². The summed E-state index contributed by atoms with van der Waals surface area (Å²) in [6.45, 7) is 3.55. The van der Waals surface area contributed by atoms with Crippen molar-refractivity contribution in [2.75, 3.05) is 18.7 Å². The quantitative estimate of drug-likeness (QED) is 0.715. The molecule has 22 heavy (non-hydrogen) atoms. The third-order valence-electron chi connectivity index (χ3n) is 3.06. The van der Waals surface area contributed by atoms with Crippen LogP contribution in [0.5, 0.6) is 0 Å². The summed E-state index contributed by atoms with van der Waals surface area (Å²) < 4.78 is 47.6. The first-order chi connectivity index (χ1) is 10.4. The van der Waals surface area contributed by atoms with Crippen molar-refractivity contribution >= 4 is 28.2 Å². The smallest absolute Gasteiger partial charge is 0.308 e. The highest BCUT2D eigenvalue weighted by Crippen LogP contribution is 2.50. The zero-order valence-electron chi connectivity index (χ0n) is 12.6. The number of hydrogen-bond acceptors (Lipinski definition) is 5. The number of benzene rings is 2. The lowest BCUT2D eigenvalue weighted by molar-refractivity contribution is 0.224. The topological polar surface area (TPSA) is 69.7 Å². The fourth-order valence-corrected chi connectivity index (χ4v) is 6.45. The summed E-state index contributed by atoms with van der Waals surface area (Å²) in [5.74, 6) is 0. The number of hydrogen-bond donors (Lipinski definition) is 0. The van der Waals surface area contributed by atoms with E-state index in [0.717, 1.165) is 10.8 Å². The van der Waals surface area contributed by atoms with Crippen molar-refractivity contribution in [1.29, 1.82) is 0 Å². The zero-order chi connectivity index (χ0) is 16.2. The van der Waals surface area contributed by atoms with Gasteiger partial charge in [-0.25, -0.2) is 8.42 Å². The maximum atomic E-state index is 12.5. The first-order valence-corrected chi connectivity index (χ1v) is 10.4. The lowest BCUT2D eigenvalue weighted by Gasteiger charge is -2.17. The Morgan fingerprint density at radius 3 is 2.14 bits per heavy atom. The van der Waals surface area contributed by atoms with Crippen LogP contribution in [-0.4, -0.2) is 27.1 Å². The van der Waals surface area contributed by atoms with Crippen LogP contribution in [0.1, 0.15) is 13.8 Å². The second-order valence-corrected chi connectivity index (χ2v) is 9.17. The molecule has 0 aliphatic heterocycles. The molecule has 0 aromatic heterocycles. The molecule has 0 amide bonds. The van der Waals surface area contributed by atoms with Crippen LogP contribution < -0.4 is 0 Å². The van der Waals surface area contributed by atoms with Gasteiger partial charge in [0.15, 0.2) is 15.3 Å². The zero-order valence-corrected chi connectivity index (χ0v) is 14.3. The van der Waals surface area contributed by atoms with E-state index in [9.17, 15) is 13.0 Å². The summed E-state index contributed by atoms with van der Waals surface area (Å²) in [6, 6.07) is 12.3. The van der Waals surface area contributed by atoms with E-state index in [0.29, 0.717) is 0 Å². The predicted molar refractivity (Wildman–Crippen MR) is 86.9 cm³/mol. The van der Waals surface area contributed by atoms with Crippen molar-refractivity contribution in [2.45, 2.75) is 18.7 Å². The molecule has 120 valence electrons. The molecule has 0 fully saturated rings. The van der Waals surface area contributed by atoms with Crippen molar-refractivity contribution in [3.05, 3.63) is 42.5 Å². The van der Waals surface area contributed by atoms with E-state index in [1.165, 1.54) is 6.07 Å². The fourth-order valence-electron chi connectivity index (χ4n) is 2.15. The van der Waals surface area contributed by atoms with Crippen molar-refractivity contribution in [2.24, 2.45) is 0 Å². The van der Waals surface area contributed by atoms with Crippen LogP contribution in [-0.2, 0) is 23.4 Å². The Hall–Kier alpha value is -1.20. The van der Waals surface area contributed by atoms with Gasteiger partial charge in [0, 0.05) is 0 Å². The maximum Gasteiger partial charge on any atom is 0.346 e. The average Bonchev–Trinajstić information content (AvgIpc) is 2.46. The van der Waals surface area contributed by atoms with Gasteiger partial charge in [0.2, 0.25) is 0 Å². The van der Waals surface area contributed by atoms with E-state index in [1.54, 1.807) is 26.0 Å². The molecular formula is C15H19O5PS. The summed E-state index contributed by atoms with van der Waals surface area (Å²) >= 11 is 0. The molecule has 0 unspecified atom stereocenters. The van der Waals surface area contributed by atoms with Gasteiger partial charge in [-0.15, -0.1) is 0 Å². The molecule has 2 aromatic carbocycles. The highest BCUT2D eigenvalue weighted by atomic mass is 32.2. The molecule has 5 nitrogen and oxygen atoms in total. The highest BCUT2D eigenvalue weighted by molar-refractivity contribution is 7.97. The third kappa shape index (κ3) is 3.96. The van der Waals surface area contributed by atoms with Gasteiger partial charge in [-0.1, -0.05) is 30.3 Å². The first-order valence-electron chi connectivity index (χ1n) is 7.00. The minimum absolute atomic E-state index is 0.117. The largest absolute Gasteiger partial charge is 0.346 e. The van der Waals surface area contributed by atoms with E-state index in [2.05, 4.69) is 0 Å². The highest BCUT2D eigenvalue weighted by Gasteiger charge is 2.32. The van der Waals surface area contributed by atoms with E-state index < -0.39 is 22.9 Å². The molecule has 0 N–H and O–H groups in total. The van der Waals surface area contributed by atoms with Gasteiger partial charge in [0.05, 0.1) is 18.1 Å². The lowest BCUT2D eigenvalue weighted by Crippen LogP contribution is -2.11. The molecule has 0 spiro atoms. The number of rotatable bonds is 7. The third-order valence-corrected chi connectivity index (χ3v) is 7.96. The molecule has 2 aromatic rings. The molecule has 2 rings (SSSR count). The second kappa shape index (κ2) is 6.92. The van der Waals surface area contributed by atoms with Crippen LogP contribution in [0.25, 0.3) is 10.8 Å². The van der Waals surface area contributed by atoms with Crippen LogP contribution >= 0.6 is 7.60 Å². The number of sulfone groups is 1. The Kier molecular flexibility index (Phi) is 5.40. The summed E-state index contributed by atoms with van der Waals surface area (Å²) in [5.41, 5.74) is -0.653. The van der Waals surface area contributed by atoms with E-state index in [-0.39, 0.29) is 18.1 Å². The molecule has 0 saturated heterocycles. The molecule has 0 atom stereocenters. The van der Waals surface area contributed by atoms with Gasteiger partial charge in [-0.05, 0) is 36.8 Å². The average molecular weight is 342 g/mol. The minimum atomic E-state index is -3.77. The Labute approximate surface area is 130 Å². The van der Waals surface area contributed by atoms with Gasteiger partial charge < -0.3 is 9.05 Å². The monoisotopic (exact) mass is 342 g/mol. The molecule has 0 radical (unpaired) electrons. The molecule has 0 aliphatic carbocycles. The van der Waals surface area contributed by atoms with Gasteiger partial charge in [-0.3, -0.25) is 4.57 Å². The summed E-state index contributed by atoms with van der Waals surface area (Å²) in [5, 5.41) is 1.76. The van der Waals surface area contributed by atoms with Crippen LogP contribution in [0.3, 0.4) is 0 Å². The Morgan fingerprint density at radius 2 is 1.55 bits per heavy atom. The molecular weight excluding hydrogens is 323 g/mol. The standard InChI is InChI=1S/C15H19O5PS/c1-3-19-21(16,20-4-2)12-22(17,18)15-10-9-13-7-5-6-8-14(13)11-15/h5-11H,3-4,12H2,1-2H3. The Bertz CT molecular complexity index is 790. The van der Waals surface area contributed by atoms with E-state index in [4.69, 9.17) is 9.05 Å². The number of fused-ring (bicyclic) bond motifs is 1. The first kappa shape index (κ1) is 17.2. The molecule has 0 heterocycles. The Balaban J connectivity index is 2.37. The normalized spacial score (nSPS) is 12.6. The molecule has 7 heteroatoms. The van der Waals surface area contributed by atoms with E-state index >= 15 is 0 Å². The SMILES string of the molecule is CCOP(=O)(CS(=O)(=O)c1ccc2ccccc2c1)OCC. The fraction of sp³-hybridized carbons (Fsp3) is 0.333. The van der Waals surface area contributed by atoms with Crippen LogP contribution in [0.2, 0.25) is 0 Å². The van der Waals surface area contributed by atoms with Crippen molar-refractivity contribution < 1.29 is 22.0 Å². The van der Waals surface area contributed by atoms with Crippen molar-refractivity contribution in [1.82, 2.24) is 0 Å². The van der Waals surface area contributed by atoms with Gasteiger partial charge >= 0.3 is 7.60 Å². The maximum absolute atomic E-state index is 12.5. The van der Waals surface area contributed by atoms with Crippen LogP contribution in [0.15, 0.2) is 47.4 Å².